The highest BCUT2D eigenvalue weighted by atomic mass is 16.4. The fourth-order valence-corrected chi connectivity index (χ4v) is 5.16. The van der Waals surface area contributed by atoms with E-state index in [4.69, 9.17) is 9.40 Å². The van der Waals surface area contributed by atoms with Crippen molar-refractivity contribution < 1.29 is 9.21 Å². The Morgan fingerprint density at radius 2 is 1.97 bits per heavy atom. The highest BCUT2D eigenvalue weighted by Crippen LogP contribution is 2.29. The molecule has 2 aromatic carbocycles. The Morgan fingerprint density at radius 3 is 2.80 bits per heavy atom. The van der Waals surface area contributed by atoms with E-state index in [0.29, 0.717) is 35.7 Å². The molecule has 0 aliphatic carbocycles. The third-order valence-corrected chi connectivity index (χ3v) is 6.79. The summed E-state index contributed by atoms with van der Waals surface area (Å²) in [5, 5.41) is 3.33. The zero-order valence-corrected chi connectivity index (χ0v) is 19.7. The number of nitrogens with zero attached hydrogens (tertiary/aromatic N) is 4. The van der Waals surface area contributed by atoms with Crippen LogP contribution in [0.3, 0.4) is 0 Å². The quantitative estimate of drug-likeness (QED) is 0.470. The van der Waals surface area contributed by atoms with Crippen LogP contribution in [0.5, 0.6) is 0 Å². The molecule has 0 saturated carbocycles. The summed E-state index contributed by atoms with van der Waals surface area (Å²) in [6, 6.07) is 11.6. The summed E-state index contributed by atoms with van der Waals surface area (Å²) in [4.78, 5) is 40.7. The first-order chi connectivity index (χ1) is 16.9. The van der Waals surface area contributed by atoms with Crippen molar-refractivity contribution in [2.45, 2.75) is 39.4 Å². The molecule has 1 atom stereocenters. The van der Waals surface area contributed by atoms with Crippen LogP contribution in [-0.4, -0.2) is 49.8 Å². The Kier molecular flexibility index (Phi) is 5.14. The molecular formula is C26H26N6O3. The van der Waals surface area contributed by atoms with Crippen LogP contribution in [0.1, 0.15) is 39.2 Å². The molecule has 6 rings (SSSR count). The second kappa shape index (κ2) is 8.35. The van der Waals surface area contributed by atoms with Crippen molar-refractivity contribution in [1.29, 1.82) is 0 Å². The van der Waals surface area contributed by atoms with Gasteiger partial charge in [0.25, 0.3) is 5.91 Å². The van der Waals surface area contributed by atoms with Crippen LogP contribution in [-0.2, 0) is 13.1 Å². The third-order valence-electron chi connectivity index (χ3n) is 6.79. The summed E-state index contributed by atoms with van der Waals surface area (Å²) in [5.41, 5.74) is 7.05. The average molecular weight is 471 g/mol. The summed E-state index contributed by atoms with van der Waals surface area (Å²) in [5.74, 6) is 0.0372. The number of amides is 1. The van der Waals surface area contributed by atoms with Crippen molar-refractivity contribution in [3.05, 3.63) is 81.1 Å². The summed E-state index contributed by atoms with van der Waals surface area (Å²) in [7, 11) is 0. The molecule has 1 saturated heterocycles. The van der Waals surface area contributed by atoms with E-state index in [2.05, 4.69) is 52.2 Å². The van der Waals surface area contributed by atoms with Crippen LogP contribution in [0, 0.1) is 13.8 Å². The minimum Gasteiger partial charge on any atom is -0.408 e. The number of aromatic nitrogens is 3. The van der Waals surface area contributed by atoms with E-state index >= 15 is 0 Å². The van der Waals surface area contributed by atoms with Crippen molar-refractivity contribution in [3.63, 3.8) is 0 Å². The molecule has 2 aliphatic rings. The van der Waals surface area contributed by atoms with Gasteiger partial charge in [-0.05, 0) is 61.7 Å². The molecule has 178 valence electrons. The maximum Gasteiger partial charge on any atom is 0.417 e. The van der Waals surface area contributed by atoms with E-state index in [1.54, 1.807) is 18.2 Å². The van der Waals surface area contributed by atoms with Crippen molar-refractivity contribution >= 4 is 28.6 Å². The fraction of sp³-hybridized carbons (Fsp3) is 0.308. The van der Waals surface area contributed by atoms with Gasteiger partial charge in [-0.15, -0.1) is 0 Å². The molecule has 2 aromatic heterocycles. The standard InChI is InChI=1S/C26H26N6O3/c1-15-7-16(2)9-19(8-15)28-25-27-11-18-12-32(14-22(18)29-25)20-5-6-31(13-20)24(33)17-3-4-21-23(10-17)35-26(34)30-21/h3-4,7-11,20H,5-6,12-14H2,1-2H3,(H,30,34)(H,27,28,29). The van der Waals surface area contributed by atoms with Crippen molar-refractivity contribution in [3.8, 4) is 0 Å². The van der Waals surface area contributed by atoms with E-state index in [1.807, 2.05) is 11.1 Å². The summed E-state index contributed by atoms with van der Waals surface area (Å²) in [6.45, 7) is 7.02. The summed E-state index contributed by atoms with van der Waals surface area (Å²) < 4.78 is 5.11. The number of benzene rings is 2. The lowest BCUT2D eigenvalue weighted by Crippen LogP contribution is -2.36. The first-order valence-electron chi connectivity index (χ1n) is 11.8. The molecule has 1 amide bonds. The van der Waals surface area contributed by atoms with Gasteiger partial charge in [0.05, 0.1) is 11.2 Å². The Bertz CT molecular complexity index is 1490. The average Bonchev–Trinajstić information content (AvgIpc) is 3.54. The maximum atomic E-state index is 13.1. The van der Waals surface area contributed by atoms with E-state index in [-0.39, 0.29) is 11.9 Å². The van der Waals surface area contributed by atoms with Crippen molar-refractivity contribution in [2.75, 3.05) is 18.4 Å². The molecule has 1 unspecified atom stereocenters. The predicted octanol–water partition coefficient (Wildman–Crippen LogP) is 3.50. The van der Waals surface area contributed by atoms with Gasteiger partial charge in [0.15, 0.2) is 5.58 Å². The van der Waals surface area contributed by atoms with Gasteiger partial charge in [-0.1, -0.05) is 6.07 Å². The van der Waals surface area contributed by atoms with Gasteiger partial charge < -0.3 is 14.6 Å². The van der Waals surface area contributed by atoms with Gasteiger partial charge in [0.2, 0.25) is 5.95 Å². The molecule has 0 bridgehead atoms. The van der Waals surface area contributed by atoms with Crippen LogP contribution in [0.4, 0.5) is 11.6 Å². The molecule has 2 aliphatic heterocycles. The van der Waals surface area contributed by atoms with Gasteiger partial charge in [-0.25, -0.2) is 14.8 Å². The Labute approximate surface area is 201 Å². The Balaban J connectivity index is 1.12. The van der Waals surface area contributed by atoms with E-state index < -0.39 is 5.76 Å². The SMILES string of the molecule is Cc1cc(C)cc(Nc2ncc3c(n2)CN(C2CCN(C(=O)c4ccc5[nH]c(=O)oc5c4)C2)C3)c1. The van der Waals surface area contributed by atoms with Crippen molar-refractivity contribution in [2.24, 2.45) is 0 Å². The highest BCUT2D eigenvalue weighted by molar-refractivity contribution is 5.97. The molecule has 35 heavy (non-hydrogen) atoms. The second-order valence-electron chi connectivity index (χ2n) is 9.49. The van der Waals surface area contributed by atoms with Gasteiger partial charge in [-0.2, -0.15) is 0 Å². The second-order valence-corrected chi connectivity index (χ2v) is 9.49. The normalized spacial score (nSPS) is 17.8. The van der Waals surface area contributed by atoms with Gasteiger partial charge in [0, 0.05) is 55.2 Å². The smallest absolute Gasteiger partial charge is 0.408 e. The number of rotatable bonds is 4. The molecule has 2 N–H and O–H groups in total. The number of hydrogen-bond donors (Lipinski definition) is 2. The number of nitrogens with one attached hydrogen (secondary N) is 2. The minimum atomic E-state index is -0.519. The summed E-state index contributed by atoms with van der Waals surface area (Å²) >= 11 is 0. The lowest BCUT2D eigenvalue weighted by molar-refractivity contribution is 0.0775. The van der Waals surface area contributed by atoms with E-state index in [9.17, 15) is 9.59 Å². The maximum absolute atomic E-state index is 13.1. The molecular weight excluding hydrogens is 444 g/mol. The van der Waals surface area contributed by atoms with Gasteiger partial charge >= 0.3 is 5.76 Å². The predicted molar refractivity (Wildman–Crippen MR) is 132 cm³/mol. The van der Waals surface area contributed by atoms with E-state index in [1.165, 1.54) is 11.1 Å². The van der Waals surface area contributed by atoms with Crippen LogP contribution in [0.15, 0.2) is 51.8 Å². The number of likely N-dealkylation sites (tertiary alicyclic amines) is 1. The molecule has 1 fully saturated rings. The van der Waals surface area contributed by atoms with Gasteiger partial charge in [-0.3, -0.25) is 14.7 Å². The third kappa shape index (κ3) is 4.19. The molecule has 4 aromatic rings. The Hall–Kier alpha value is -3.98. The first kappa shape index (κ1) is 21.5. The van der Waals surface area contributed by atoms with Gasteiger partial charge in [0.1, 0.15) is 0 Å². The highest BCUT2D eigenvalue weighted by Gasteiger charge is 2.34. The number of aryl methyl sites for hydroxylation is 2. The monoisotopic (exact) mass is 470 g/mol. The topological polar surface area (TPSA) is 107 Å². The van der Waals surface area contributed by atoms with Crippen LogP contribution in [0.25, 0.3) is 11.1 Å². The molecule has 0 spiro atoms. The molecule has 4 heterocycles. The number of H-pyrrole nitrogens is 1. The minimum absolute atomic E-state index is 0.0466. The lowest BCUT2D eigenvalue weighted by atomic mass is 10.1. The number of carbonyl (C=O) groups is 1. The zero-order chi connectivity index (χ0) is 24.1. The number of aromatic amines is 1. The van der Waals surface area contributed by atoms with Crippen LogP contribution in [0.2, 0.25) is 0 Å². The number of anilines is 2. The number of fused-ring (bicyclic) bond motifs is 2. The lowest BCUT2D eigenvalue weighted by Gasteiger charge is -2.23. The Morgan fingerprint density at radius 1 is 1.14 bits per heavy atom. The fourth-order valence-electron chi connectivity index (χ4n) is 5.16. The van der Waals surface area contributed by atoms with Crippen LogP contribution < -0.4 is 11.1 Å². The molecule has 9 nitrogen and oxygen atoms in total. The number of hydrogen-bond acceptors (Lipinski definition) is 7. The summed E-state index contributed by atoms with van der Waals surface area (Å²) in [6.07, 6.45) is 2.81. The first-order valence-corrected chi connectivity index (χ1v) is 11.8. The zero-order valence-electron chi connectivity index (χ0n) is 19.7. The van der Waals surface area contributed by atoms with E-state index in [0.717, 1.165) is 36.5 Å². The molecule has 9 heteroatoms. The van der Waals surface area contributed by atoms with Crippen LogP contribution >= 0.6 is 0 Å². The van der Waals surface area contributed by atoms with Crippen molar-refractivity contribution in [1.82, 2.24) is 24.8 Å². The molecule has 0 radical (unpaired) electrons. The number of carbonyl (C=O) groups excluding carboxylic acids is 1. The largest absolute Gasteiger partial charge is 0.417 e. The number of oxazole rings is 1.